The molecule has 0 aliphatic carbocycles. The monoisotopic (exact) mass is 1090 g/mol. The van der Waals surface area contributed by atoms with Crippen LogP contribution >= 0.6 is 38.1 Å². The highest BCUT2D eigenvalue weighted by Crippen LogP contribution is 2.14. The number of likely N-dealkylation sites (N-methyl/N-ethyl adjacent to an activating group) is 1. The van der Waals surface area contributed by atoms with Gasteiger partial charge in [-0.2, -0.15) is 12.6 Å². The van der Waals surface area contributed by atoms with E-state index in [1.165, 1.54) is 57.8 Å². The molecular weight excluding hydrogens is 979 g/mol. The van der Waals surface area contributed by atoms with Crippen molar-refractivity contribution in [3.8, 4) is 0 Å². The molecule has 19 heteroatoms. The third kappa shape index (κ3) is 76.3. The number of nitrogens with one attached hydrogen (secondary N) is 5. The molecule has 0 saturated heterocycles. The molecule has 0 radical (unpaired) electrons. The van der Waals surface area contributed by atoms with Crippen molar-refractivity contribution >= 4 is 67.3 Å². The lowest BCUT2D eigenvalue weighted by Crippen LogP contribution is -2.41. The molecule has 72 heavy (non-hydrogen) atoms. The van der Waals surface area contributed by atoms with Gasteiger partial charge >= 0.3 is 5.97 Å². The predicted octanol–water partition coefficient (Wildman–Crippen LogP) is 10.2. The lowest BCUT2D eigenvalue weighted by molar-refractivity contribution is -0.142. The van der Waals surface area contributed by atoms with Crippen LogP contribution in [0.5, 0.6) is 0 Å². The zero-order chi connectivity index (χ0) is 56.3. The largest absolute Gasteiger partial charge is 0.513 e. The van der Waals surface area contributed by atoms with Crippen molar-refractivity contribution in [1.29, 1.82) is 0 Å². The molecule has 0 heterocycles. The van der Waals surface area contributed by atoms with Crippen LogP contribution in [0.4, 0.5) is 0 Å². The van der Waals surface area contributed by atoms with Gasteiger partial charge in [0.25, 0.3) is 0 Å². The number of aliphatic hydroxyl groups excluding tert-OH is 1. The van der Waals surface area contributed by atoms with Gasteiger partial charge in [0.15, 0.2) is 0 Å². The molecule has 2 unspecified atom stereocenters. The highest BCUT2D eigenvalue weighted by molar-refractivity contribution is 7.96. The van der Waals surface area contributed by atoms with Crippen molar-refractivity contribution < 1.29 is 53.1 Å². The summed E-state index contributed by atoms with van der Waals surface area (Å²) in [5, 5.41) is 29.6. The molecule has 0 fully saturated rings. The Morgan fingerprint density at radius 2 is 1.01 bits per heavy atom. The quantitative estimate of drug-likeness (QED) is 0.00901. The fourth-order valence-corrected chi connectivity index (χ4v) is 6.40. The van der Waals surface area contributed by atoms with Gasteiger partial charge in [-0.1, -0.05) is 145 Å². The summed E-state index contributed by atoms with van der Waals surface area (Å²) < 4.78 is 23.6. The zero-order valence-electron chi connectivity index (χ0n) is 46.6. The predicted molar refractivity (Wildman–Crippen MR) is 312 cm³/mol. The van der Waals surface area contributed by atoms with Crippen LogP contribution in [-0.2, 0) is 42.9 Å². The molecule has 0 aromatic rings. The lowest BCUT2D eigenvalue weighted by atomic mass is 10.0. The molecule has 0 spiro atoms. The number of hydrogen-bond donors (Lipinski definition) is 10. The molecule has 0 saturated carbocycles. The maximum Gasteiger partial charge on any atom is 0.326 e. The average Bonchev–Trinajstić information content (AvgIpc) is 3.39. The Kier molecular flexibility index (Phi) is 89.5. The van der Waals surface area contributed by atoms with Crippen molar-refractivity contribution in [2.45, 2.75) is 188 Å². The van der Waals surface area contributed by atoms with Gasteiger partial charge in [-0.05, 0) is 51.8 Å². The number of carbonyl (C=O) groups is 5. The van der Waals surface area contributed by atoms with E-state index in [1.807, 2.05) is 48.6 Å². The summed E-state index contributed by atoms with van der Waals surface area (Å²) in [5.41, 5.74) is 0.851. The molecule has 430 valence electrons. The van der Waals surface area contributed by atoms with Gasteiger partial charge in [-0.15, -0.1) is 25.8 Å². The van der Waals surface area contributed by atoms with Crippen molar-refractivity contribution in [3.63, 3.8) is 0 Å². The van der Waals surface area contributed by atoms with Gasteiger partial charge in [-0.25, -0.2) is 4.79 Å². The Hall–Kier alpha value is -2.62. The zero-order valence-corrected chi connectivity index (χ0v) is 49.3. The number of amides is 2. The first-order valence-corrected chi connectivity index (χ1v) is 28.3. The highest BCUT2D eigenvalue weighted by Gasteiger charge is 2.21. The number of aliphatic hydroxyl groups is 1. The van der Waals surface area contributed by atoms with E-state index in [-0.39, 0.29) is 55.6 Å². The van der Waals surface area contributed by atoms with Crippen LogP contribution in [0.2, 0.25) is 0 Å². The van der Waals surface area contributed by atoms with Gasteiger partial charge in [0, 0.05) is 44.6 Å². The molecule has 0 aliphatic heterocycles. The molecule has 0 rings (SSSR count). The maximum absolute atomic E-state index is 12.2. The first kappa shape index (κ1) is 83.4. The number of thiol groups is 3. The molecule has 0 aromatic carbocycles. The molecular formula is C53H109N5O11S3. The topological polar surface area (TPSA) is 223 Å². The summed E-state index contributed by atoms with van der Waals surface area (Å²) in [4.78, 5) is 56.8. The summed E-state index contributed by atoms with van der Waals surface area (Å²) in [6, 6.07) is -1.38. The van der Waals surface area contributed by atoms with E-state index in [9.17, 15) is 29.1 Å². The van der Waals surface area contributed by atoms with Gasteiger partial charge in [-0.3, -0.25) is 19.1 Å². The summed E-state index contributed by atoms with van der Waals surface area (Å²) in [5.74, 6) is -1.46. The summed E-state index contributed by atoms with van der Waals surface area (Å²) in [6.07, 6.45) is 22.2. The molecule has 7 N–H and O–H groups in total. The maximum atomic E-state index is 12.2. The van der Waals surface area contributed by atoms with Crippen molar-refractivity contribution in [1.82, 2.24) is 26.0 Å². The lowest BCUT2D eigenvalue weighted by Gasteiger charge is -2.14. The van der Waals surface area contributed by atoms with E-state index in [4.69, 9.17) is 24.1 Å². The first-order chi connectivity index (χ1) is 35.0. The molecule has 2 atom stereocenters. The second-order valence-corrected chi connectivity index (χ2v) is 15.7. The van der Waals surface area contributed by atoms with Crippen LogP contribution in [0, 0.1) is 0 Å². The third-order valence-corrected chi connectivity index (χ3v) is 10.1. The molecule has 0 aromatic heterocycles. The number of allylic oxidation sites excluding steroid dienone is 1. The number of aliphatic carboxylic acids is 1. The standard InChI is InChI=1S/C30H54N2O8.C14H29N3O3S2.3C2H6.C2H4.CH4S/c1-26(34)16-14-12-10-8-6-4-2-3-5-7-9-11-13-15-17-29(36)32-27(30(37)38)18-19-28(35)31-20-22-39-24-25-40-23-21-33;1-12(11-20-10-9-19-8-7-15-2)16-6-4-3-5-13(17-22)14(18)21;5*1-2/h21,27,34H,1-20,22-25H2,(H,31,35)(H,32,36)(H,37,38);13,15-17,22H,1,3-11H2,2H3,(H,18,21);3*1-2H3;1-2H2;2H,1H3. The summed E-state index contributed by atoms with van der Waals surface area (Å²) in [6.45, 7) is 30.6. The average molecular weight is 1090 g/mol. The second kappa shape index (κ2) is 77.3. The number of hydrogen-bond acceptors (Lipinski definition) is 15. The fraction of sp³-hybridized carbons (Fsp3) is 0.792. The minimum Gasteiger partial charge on any atom is -0.513 e. The number of unbranched alkanes of at least 4 members (excludes halogenated alkanes) is 14. The number of aldehydes is 1. The highest BCUT2D eigenvalue weighted by atomic mass is 32.1. The van der Waals surface area contributed by atoms with E-state index in [2.05, 4.69) is 90.4 Å². The van der Waals surface area contributed by atoms with Gasteiger partial charge in [0.05, 0.1) is 58.0 Å². The molecule has 2 amide bonds. The minimum atomic E-state index is -1.15. The Balaban J connectivity index is -0.000000222. The van der Waals surface area contributed by atoms with Crippen LogP contribution in [0.15, 0.2) is 37.8 Å². The number of carboxylic acid groups (broad SMARTS) is 1. The van der Waals surface area contributed by atoms with E-state index < -0.39 is 12.0 Å². The number of ether oxygens (including phenoxy) is 4. The van der Waals surface area contributed by atoms with E-state index >= 15 is 0 Å². The van der Waals surface area contributed by atoms with Crippen LogP contribution in [-0.4, -0.2) is 137 Å². The van der Waals surface area contributed by atoms with Crippen LogP contribution in [0.25, 0.3) is 0 Å². The third-order valence-electron chi connectivity index (χ3n) is 9.43. The molecule has 16 nitrogen and oxygen atoms in total. The SMILES string of the molecule is C=C.C=C(COCCOCCNC)NCCCCC(NS)C(=O)S.C=C(O)CCCCCCCCCCCCCCCCC(=O)NC(CCC(=O)NCCOCCOCC=O)C(=O)O.CC.CC.CC.CS. The van der Waals surface area contributed by atoms with Crippen LogP contribution in [0.3, 0.4) is 0 Å². The fourth-order valence-electron chi connectivity index (χ4n) is 5.86. The Morgan fingerprint density at radius 1 is 0.556 bits per heavy atom. The van der Waals surface area contributed by atoms with E-state index in [0.717, 1.165) is 76.6 Å². The van der Waals surface area contributed by atoms with E-state index in [1.54, 1.807) is 6.26 Å². The van der Waals surface area contributed by atoms with Crippen LogP contribution < -0.4 is 26.0 Å². The minimum absolute atomic E-state index is 0.0120. The molecule has 0 bridgehead atoms. The Labute approximate surface area is 456 Å². The molecule has 0 aliphatic rings. The summed E-state index contributed by atoms with van der Waals surface area (Å²) in [7, 11) is 1.89. The number of rotatable bonds is 46. The summed E-state index contributed by atoms with van der Waals surface area (Å²) >= 11 is 11.2. The van der Waals surface area contributed by atoms with Crippen molar-refractivity contribution in [3.05, 3.63) is 37.8 Å². The smallest absolute Gasteiger partial charge is 0.326 e. The van der Waals surface area contributed by atoms with Gasteiger partial charge in [0.2, 0.25) is 16.9 Å². The Morgan fingerprint density at radius 3 is 1.46 bits per heavy atom. The van der Waals surface area contributed by atoms with Crippen molar-refractivity contribution in [2.24, 2.45) is 0 Å². The first-order valence-electron chi connectivity index (χ1n) is 26.5. The van der Waals surface area contributed by atoms with Gasteiger partial charge in [0.1, 0.15) is 18.9 Å². The normalized spacial score (nSPS) is 10.5. The van der Waals surface area contributed by atoms with Crippen LogP contribution in [0.1, 0.15) is 176 Å². The van der Waals surface area contributed by atoms with E-state index in [0.29, 0.717) is 58.1 Å². The number of carbonyl (C=O) groups excluding carboxylic acids is 4. The van der Waals surface area contributed by atoms with Crippen molar-refractivity contribution in [2.75, 3.05) is 85.8 Å². The second-order valence-electron chi connectivity index (χ2n) is 15.0. The Bertz CT molecular complexity index is 1180. The van der Waals surface area contributed by atoms with Gasteiger partial charge < -0.3 is 55.2 Å². The number of carboxylic acids is 1.